The van der Waals surface area contributed by atoms with Crippen molar-refractivity contribution in [2.75, 3.05) is 6.61 Å². The molecule has 0 spiro atoms. The van der Waals surface area contributed by atoms with Gasteiger partial charge in [-0.05, 0) is 36.8 Å². The average molecular weight is 378 g/mol. The van der Waals surface area contributed by atoms with Crippen LogP contribution in [0.1, 0.15) is 34.6 Å². The summed E-state index contributed by atoms with van der Waals surface area (Å²) in [5.41, 5.74) is 1.38. The Balaban J connectivity index is 1.55. The first-order chi connectivity index (χ1) is 13.6. The van der Waals surface area contributed by atoms with Crippen LogP contribution < -0.4 is 15.4 Å². The number of hydrogen-bond acceptors (Lipinski definition) is 4. The molecular formula is C22H22N2O4. The van der Waals surface area contributed by atoms with E-state index < -0.39 is 0 Å². The molecule has 0 saturated heterocycles. The van der Waals surface area contributed by atoms with E-state index in [1.807, 2.05) is 37.3 Å². The Morgan fingerprint density at radius 2 is 1.75 bits per heavy atom. The van der Waals surface area contributed by atoms with Crippen molar-refractivity contribution in [3.05, 3.63) is 89.9 Å². The molecule has 2 N–H and O–H groups in total. The maximum absolute atomic E-state index is 12.5. The van der Waals surface area contributed by atoms with Crippen LogP contribution in [-0.2, 0) is 11.3 Å². The summed E-state index contributed by atoms with van der Waals surface area (Å²) in [6, 6.07) is 19.8. The fourth-order valence-corrected chi connectivity index (χ4v) is 2.69. The third kappa shape index (κ3) is 5.23. The topological polar surface area (TPSA) is 80.6 Å². The SMILES string of the molecule is C[C@H](NC(=O)COc1ccccc1C(=O)NCc1ccccc1)c1ccco1. The third-order valence-electron chi connectivity index (χ3n) is 4.13. The highest BCUT2D eigenvalue weighted by Gasteiger charge is 2.15. The number of carbonyl (C=O) groups is 2. The molecule has 144 valence electrons. The van der Waals surface area contributed by atoms with Gasteiger partial charge in [0, 0.05) is 6.54 Å². The lowest BCUT2D eigenvalue weighted by Gasteiger charge is -2.14. The lowest BCUT2D eigenvalue weighted by atomic mass is 10.1. The molecule has 6 nitrogen and oxygen atoms in total. The Morgan fingerprint density at radius 3 is 2.50 bits per heavy atom. The number of para-hydroxylation sites is 1. The molecule has 2 amide bonds. The second-order valence-corrected chi connectivity index (χ2v) is 6.26. The zero-order valence-corrected chi connectivity index (χ0v) is 15.6. The van der Waals surface area contributed by atoms with E-state index in [4.69, 9.17) is 9.15 Å². The molecule has 1 heterocycles. The van der Waals surface area contributed by atoms with Crippen LogP contribution in [0.25, 0.3) is 0 Å². The van der Waals surface area contributed by atoms with Crippen LogP contribution >= 0.6 is 0 Å². The van der Waals surface area contributed by atoms with Gasteiger partial charge in [0.25, 0.3) is 11.8 Å². The molecule has 1 aromatic heterocycles. The molecule has 0 bridgehead atoms. The van der Waals surface area contributed by atoms with Gasteiger partial charge in [-0.2, -0.15) is 0 Å². The van der Waals surface area contributed by atoms with Gasteiger partial charge < -0.3 is 19.8 Å². The van der Waals surface area contributed by atoms with E-state index >= 15 is 0 Å². The number of ether oxygens (including phenoxy) is 1. The van der Waals surface area contributed by atoms with E-state index in [2.05, 4.69) is 10.6 Å². The summed E-state index contributed by atoms with van der Waals surface area (Å²) in [4.78, 5) is 24.6. The standard InChI is InChI=1S/C22H22N2O4/c1-16(19-12-7-13-27-19)24-21(25)15-28-20-11-6-5-10-18(20)22(26)23-14-17-8-3-2-4-9-17/h2-13,16H,14-15H2,1H3,(H,23,26)(H,24,25)/t16-/m0/s1. The molecule has 0 aliphatic carbocycles. The van der Waals surface area contributed by atoms with Gasteiger partial charge in [-0.25, -0.2) is 0 Å². The van der Waals surface area contributed by atoms with Crippen LogP contribution in [0.4, 0.5) is 0 Å². The molecule has 3 aromatic rings. The van der Waals surface area contributed by atoms with E-state index in [1.54, 1.807) is 42.7 Å². The molecule has 2 aromatic carbocycles. The van der Waals surface area contributed by atoms with Crippen LogP contribution in [0.3, 0.4) is 0 Å². The number of rotatable bonds is 8. The maximum Gasteiger partial charge on any atom is 0.258 e. The summed E-state index contributed by atoms with van der Waals surface area (Å²) in [6.07, 6.45) is 1.55. The Hall–Kier alpha value is -3.54. The van der Waals surface area contributed by atoms with Gasteiger partial charge in [-0.15, -0.1) is 0 Å². The molecule has 1 atom stereocenters. The van der Waals surface area contributed by atoms with Crippen molar-refractivity contribution in [2.24, 2.45) is 0 Å². The number of amides is 2. The summed E-state index contributed by atoms with van der Waals surface area (Å²) in [7, 11) is 0. The Kier molecular flexibility index (Phi) is 6.46. The summed E-state index contributed by atoms with van der Waals surface area (Å²) in [5, 5.41) is 5.65. The van der Waals surface area contributed by atoms with Gasteiger partial charge in [0.2, 0.25) is 0 Å². The van der Waals surface area contributed by atoms with E-state index in [0.717, 1.165) is 5.56 Å². The van der Waals surface area contributed by atoms with Crippen molar-refractivity contribution in [2.45, 2.75) is 19.5 Å². The van der Waals surface area contributed by atoms with Crippen molar-refractivity contribution >= 4 is 11.8 Å². The van der Waals surface area contributed by atoms with Crippen LogP contribution in [0.5, 0.6) is 5.75 Å². The summed E-state index contributed by atoms with van der Waals surface area (Å²) < 4.78 is 10.9. The molecule has 0 fully saturated rings. The molecule has 0 radical (unpaired) electrons. The van der Waals surface area contributed by atoms with Gasteiger partial charge >= 0.3 is 0 Å². The van der Waals surface area contributed by atoms with Crippen LogP contribution in [-0.4, -0.2) is 18.4 Å². The summed E-state index contributed by atoms with van der Waals surface area (Å²) >= 11 is 0. The highest BCUT2D eigenvalue weighted by atomic mass is 16.5. The van der Waals surface area contributed by atoms with Gasteiger partial charge in [0.15, 0.2) is 6.61 Å². The van der Waals surface area contributed by atoms with E-state index in [1.165, 1.54) is 0 Å². The molecule has 6 heteroatoms. The number of furan rings is 1. The smallest absolute Gasteiger partial charge is 0.258 e. The highest BCUT2D eigenvalue weighted by molar-refractivity contribution is 5.97. The zero-order chi connectivity index (χ0) is 19.8. The first-order valence-electron chi connectivity index (χ1n) is 9.00. The third-order valence-corrected chi connectivity index (χ3v) is 4.13. The van der Waals surface area contributed by atoms with Crippen molar-refractivity contribution in [1.82, 2.24) is 10.6 Å². The predicted molar refractivity (Wildman–Crippen MR) is 105 cm³/mol. The minimum Gasteiger partial charge on any atom is -0.483 e. The van der Waals surface area contributed by atoms with Crippen molar-refractivity contribution < 1.29 is 18.7 Å². The van der Waals surface area contributed by atoms with Crippen LogP contribution in [0, 0.1) is 0 Å². The van der Waals surface area contributed by atoms with Gasteiger partial charge in [-0.3, -0.25) is 9.59 Å². The number of nitrogens with one attached hydrogen (secondary N) is 2. The quantitative estimate of drug-likeness (QED) is 0.629. The summed E-state index contributed by atoms with van der Waals surface area (Å²) in [5.74, 6) is 0.454. The molecule has 0 unspecified atom stereocenters. The average Bonchev–Trinajstić information content (AvgIpc) is 3.26. The first-order valence-corrected chi connectivity index (χ1v) is 9.00. The number of carbonyl (C=O) groups excluding carboxylic acids is 2. The Morgan fingerprint density at radius 1 is 1.00 bits per heavy atom. The normalized spacial score (nSPS) is 11.5. The molecule has 3 rings (SSSR count). The van der Waals surface area contributed by atoms with Crippen LogP contribution in [0.2, 0.25) is 0 Å². The zero-order valence-electron chi connectivity index (χ0n) is 15.6. The van der Waals surface area contributed by atoms with E-state index in [0.29, 0.717) is 23.6 Å². The van der Waals surface area contributed by atoms with Crippen molar-refractivity contribution in [1.29, 1.82) is 0 Å². The lowest BCUT2D eigenvalue weighted by Crippen LogP contribution is -2.31. The monoisotopic (exact) mass is 378 g/mol. The van der Waals surface area contributed by atoms with E-state index in [-0.39, 0.29) is 24.5 Å². The highest BCUT2D eigenvalue weighted by Crippen LogP contribution is 2.18. The first kappa shape index (κ1) is 19.2. The van der Waals surface area contributed by atoms with Crippen molar-refractivity contribution in [3.8, 4) is 5.75 Å². The van der Waals surface area contributed by atoms with E-state index in [9.17, 15) is 9.59 Å². The molecule has 0 aliphatic rings. The predicted octanol–water partition coefficient (Wildman–Crippen LogP) is 3.47. The Labute approximate surface area is 163 Å². The number of hydrogen-bond donors (Lipinski definition) is 2. The summed E-state index contributed by atoms with van der Waals surface area (Å²) in [6.45, 7) is 2.03. The van der Waals surface area contributed by atoms with Crippen LogP contribution in [0.15, 0.2) is 77.4 Å². The largest absolute Gasteiger partial charge is 0.483 e. The molecule has 0 saturated carbocycles. The van der Waals surface area contributed by atoms with Gasteiger partial charge in [0.1, 0.15) is 11.5 Å². The fourth-order valence-electron chi connectivity index (χ4n) is 2.69. The molecular weight excluding hydrogens is 356 g/mol. The van der Waals surface area contributed by atoms with Crippen molar-refractivity contribution in [3.63, 3.8) is 0 Å². The number of benzene rings is 2. The minimum atomic E-state index is -0.302. The van der Waals surface area contributed by atoms with Gasteiger partial charge in [0.05, 0.1) is 17.9 Å². The minimum absolute atomic E-state index is 0.200. The fraction of sp³-hybridized carbons (Fsp3) is 0.182. The second kappa shape index (κ2) is 9.41. The molecule has 0 aliphatic heterocycles. The van der Waals surface area contributed by atoms with Gasteiger partial charge in [-0.1, -0.05) is 42.5 Å². The second-order valence-electron chi connectivity index (χ2n) is 6.26. The maximum atomic E-state index is 12.5. The Bertz CT molecular complexity index is 907. The lowest BCUT2D eigenvalue weighted by molar-refractivity contribution is -0.123. The molecule has 28 heavy (non-hydrogen) atoms.